The summed E-state index contributed by atoms with van der Waals surface area (Å²) in [6, 6.07) is 3.52. The third-order valence-corrected chi connectivity index (χ3v) is 2.51. The van der Waals surface area contributed by atoms with Gasteiger partial charge in [-0.05, 0) is 17.7 Å². The second-order valence-electron chi connectivity index (χ2n) is 3.52. The highest BCUT2D eigenvalue weighted by Crippen LogP contribution is 2.23. The number of ether oxygens (including phenoxy) is 1. The summed E-state index contributed by atoms with van der Waals surface area (Å²) in [6.45, 7) is 0.670. The highest BCUT2D eigenvalue weighted by molar-refractivity contribution is 5.86. The van der Waals surface area contributed by atoms with Crippen LogP contribution in [-0.4, -0.2) is 19.0 Å². The molecule has 2 rings (SSSR count). The molecular weight excluding hydrogens is 202 g/mol. The van der Waals surface area contributed by atoms with Gasteiger partial charge in [-0.1, -0.05) is 6.07 Å². The van der Waals surface area contributed by atoms with Crippen LogP contribution in [0.3, 0.4) is 0 Å². The Kier molecular flexibility index (Phi) is 2.77. The van der Waals surface area contributed by atoms with Gasteiger partial charge in [0.1, 0.15) is 5.78 Å². The first-order chi connectivity index (χ1) is 7.18. The monoisotopic (exact) mass is 212 g/mol. The summed E-state index contributed by atoms with van der Waals surface area (Å²) >= 11 is 0. The fraction of sp³-hybridized carbons (Fsp3) is 0.364. The van der Waals surface area contributed by atoms with Crippen LogP contribution < -0.4 is 0 Å². The topological polar surface area (TPSA) is 26.3 Å². The van der Waals surface area contributed by atoms with Crippen molar-refractivity contribution in [1.82, 2.24) is 0 Å². The van der Waals surface area contributed by atoms with Gasteiger partial charge in [0.25, 0.3) is 0 Å². The summed E-state index contributed by atoms with van der Waals surface area (Å²) < 4.78 is 30.7. The normalized spacial score (nSPS) is 21.7. The summed E-state index contributed by atoms with van der Waals surface area (Å²) in [7, 11) is 0. The average molecular weight is 212 g/mol. The third kappa shape index (κ3) is 2.04. The zero-order valence-corrected chi connectivity index (χ0v) is 8.00. The lowest BCUT2D eigenvalue weighted by molar-refractivity contribution is -0.126. The number of hydrogen-bond donors (Lipinski definition) is 0. The molecule has 1 aliphatic rings. The quantitative estimate of drug-likeness (QED) is 0.712. The van der Waals surface area contributed by atoms with Crippen molar-refractivity contribution in [3.8, 4) is 0 Å². The van der Waals surface area contributed by atoms with E-state index in [0.29, 0.717) is 18.6 Å². The Bertz CT molecular complexity index is 390. The number of rotatable bonds is 1. The molecule has 0 spiro atoms. The SMILES string of the molecule is O=C1CCOCC1c1ccc(F)c(F)c1. The molecule has 2 nitrogen and oxygen atoms in total. The molecule has 0 bridgehead atoms. The number of Topliss-reactive ketones (excluding diaryl/α,β-unsaturated/α-hetero) is 1. The van der Waals surface area contributed by atoms with E-state index in [-0.39, 0.29) is 12.4 Å². The predicted octanol–water partition coefficient (Wildman–Crippen LogP) is 2.04. The summed E-state index contributed by atoms with van der Waals surface area (Å²) in [6.07, 6.45) is 0.337. The Hall–Kier alpha value is -1.29. The molecule has 1 heterocycles. The van der Waals surface area contributed by atoms with E-state index < -0.39 is 17.6 Å². The minimum absolute atomic E-state index is 0.0206. The summed E-state index contributed by atoms with van der Waals surface area (Å²) in [4.78, 5) is 11.5. The van der Waals surface area contributed by atoms with Crippen LogP contribution >= 0.6 is 0 Å². The van der Waals surface area contributed by atoms with Crippen LogP contribution in [-0.2, 0) is 9.53 Å². The van der Waals surface area contributed by atoms with Crippen LogP contribution in [0.15, 0.2) is 18.2 Å². The Balaban J connectivity index is 2.28. The summed E-state index contributed by atoms with van der Waals surface area (Å²) in [5, 5.41) is 0. The van der Waals surface area contributed by atoms with Gasteiger partial charge in [-0.15, -0.1) is 0 Å². The van der Waals surface area contributed by atoms with Crippen LogP contribution in [0.25, 0.3) is 0 Å². The Morgan fingerprint density at radius 2 is 2.07 bits per heavy atom. The van der Waals surface area contributed by atoms with Crippen LogP contribution in [0.2, 0.25) is 0 Å². The van der Waals surface area contributed by atoms with Crippen LogP contribution in [0.5, 0.6) is 0 Å². The number of halogens is 2. The van der Waals surface area contributed by atoms with Gasteiger partial charge in [-0.3, -0.25) is 4.79 Å². The molecule has 0 N–H and O–H groups in total. The minimum Gasteiger partial charge on any atom is -0.380 e. The van der Waals surface area contributed by atoms with E-state index in [2.05, 4.69) is 0 Å². The molecule has 0 saturated carbocycles. The van der Waals surface area contributed by atoms with Gasteiger partial charge < -0.3 is 4.74 Å². The molecule has 0 amide bonds. The Morgan fingerprint density at radius 3 is 2.73 bits per heavy atom. The van der Waals surface area contributed by atoms with Crippen molar-refractivity contribution >= 4 is 5.78 Å². The molecule has 1 aliphatic heterocycles. The molecule has 1 aromatic carbocycles. The maximum atomic E-state index is 12.9. The third-order valence-electron chi connectivity index (χ3n) is 2.51. The average Bonchev–Trinajstić information content (AvgIpc) is 2.23. The zero-order chi connectivity index (χ0) is 10.8. The Morgan fingerprint density at radius 1 is 1.27 bits per heavy atom. The molecule has 0 aliphatic carbocycles. The van der Waals surface area contributed by atoms with Crippen molar-refractivity contribution in [1.29, 1.82) is 0 Å². The molecule has 1 fully saturated rings. The largest absolute Gasteiger partial charge is 0.380 e. The van der Waals surface area contributed by atoms with Gasteiger partial charge in [0.05, 0.1) is 19.1 Å². The molecule has 1 saturated heterocycles. The molecular formula is C11H10F2O2. The van der Waals surface area contributed by atoms with Crippen molar-refractivity contribution < 1.29 is 18.3 Å². The van der Waals surface area contributed by atoms with Gasteiger partial charge in [-0.2, -0.15) is 0 Å². The number of carbonyl (C=O) groups excluding carboxylic acids is 1. The predicted molar refractivity (Wildman–Crippen MR) is 49.5 cm³/mol. The second-order valence-corrected chi connectivity index (χ2v) is 3.52. The van der Waals surface area contributed by atoms with Gasteiger partial charge in [-0.25, -0.2) is 8.78 Å². The highest BCUT2D eigenvalue weighted by atomic mass is 19.2. The first-order valence-corrected chi connectivity index (χ1v) is 4.74. The first-order valence-electron chi connectivity index (χ1n) is 4.74. The minimum atomic E-state index is -0.925. The first kappa shape index (κ1) is 10.2. The molecule has 0 radical (unpaired) electrons. The second kappa shape index (κ2) is 4.06. The van der Waals surface area contributed by atoms with E-state index in [0.717, 1.165) is 12.1 Å². The number of benzene rings is 1. The van der Waals surface area contributed by atoms with Gasteiger partial charge in [0.2, 0.25) is 0 Å². The lowest BCUT2D eigenvalue weighted by Gasteiger charge is -2.21. The van der Waals surface area contributed by atoms with Crippen molar-refractivity contribution in [2.45, 2.75) is 12.3 Å². The number of carbonyl (C=O) groups is 1. The molecule has 80 valence electrons. The van der Waals surface area contributed by atoms with E-state index in [9.17, 15) is 13.6 Å². The molecule has 4 heteroatoms. The Labute approximate surface area is 85.9 Å². The fourth-order valence-corrected chi connectivity index (χ4v) is 1.65. The van der Waals surface area contributed by atoms with Gasteiger partial charge in [0, 0.05) is 6.42 Å². The number of ketones is 1. The van der Waals surface area contributed by atoms with E-state index in [1.807, 2.05) is 0 Å². The van der Waals surface area contributed by atoms with E-state index in [4.69, 9.17) is 4.74 Å². The van der Waals surface area contributed by atoms with Crippen LogP contribution in [0.4, 0.5) is 8.78 Å². The van der Waals surface area contributed by atoms with E-state index >= 15 is 0 Å². The maximum Gasteiger partial charge on any atom is 0.159 e. The van der Waals surface area contributed by atoms with E-state index in [1.165, 1.54) is 6.07 Å². The van der Waals surface area contributed by atoms with Crippen LogP contribution in [0.1, 0.15) is 17.9 Å². The van der Waals surface area contributed by atoms with Crippen LogP contribution in [0, 0.1) is 11.6 Å². The van der Waals surface area contributed by atoms with Crippen molar-refractivity contribution in [3.05, 3.63) is 35.4 Å². The maximum absolute atomic E-state index is 12.9. The standard InChI is InChI=1S/C11H10F2O2/c12-9-2-1-7(5-10(9)13)8-6-15-4-3-11(8)14/h1-2,5,8H,3-4,6H2. The molecule has 1 unspecified atom stereocenters. The molecule has 1 atom stereocenters. The van der Waals surface area contributed by atoms with Crippen molar-refractivity contribution in [2.24, 2.45) is 0 Å². The van der Waals surface area contributed by atoms with Crippen molar-refractivity contribution in [2.75, 3.05) is 13.2 Å². The number of hydrogen-bond acceptors (Lipinski definition) is 2. The molecule has 15 heavy (non-hydrogen) atoms. The lowest BCUT2D eigenvalue weighted by Crippen LogP contribution is -2.25. The fourth-order valence-electron chi connectivity index (χ4n) is 1.65. The van der Waals surface area contributed by atoms with Crippen molar-refractivity contribution in [3.63, 3.8) is 0 Å². The summed E-state index contributed by atoms with van der Waals surface area (Å²) in [5.41, 5.74) is 0.485. The highest BCUT2D eigenvalue weighted by Gasteiger charge is 2.25. The molecule has 1 aromatic rings. The molecule has 0 aromatic heterocycles. The summed E-state index contributed by atoms with van der Waals surface area (Å²) in [5.74, 6) is -2.25. The van der Waals surface area contributed by atoms with Gasteiger partial charge in [0.15, 0.2) is 11.6 Å². The van der Waals surface area contributed by atoms with E-state index in [1.54, 1.807) is 0 Å². The zero-order valence-electron chi connectivity index (χ0n) is 8.00. The smallest absolute Gasteiger partial charge is 0.159 e. The lowest BCUT2D eigenvalue weighted by atomic mass is 9.92. The van der Waals surface area contributed by atoms with Gasteiger partial charge >= 0.3 is 0 Å².